The number of carboxylic acid groups (broad SMARTS) is 1. The first kappa shape index (κ1) is 17.5. The van der Waals surface area contributed by atoms with Gasteiger partial charge in [-0.1, -0.05) is 60.7 Å². The highest BCUT2D eigenvalue weighted by molar-refractivity contribution is 5.86. The number of aliphatic carboxylic acids is 1. The van der Waals surface area contributed by atoms with Crippen LogP contribution in [0.3, 0.4) is 0 Å². The van der Waals surface area contributed by atoms with E-state index < -0.39 is 5.97 Å². The second-order valence-electron chi connectivity index (χ2n) is 5.94. The molecule has 0 aliphatic carbocycles. The number of carbonyl (C=O) groups is 1. The zero-order chi connectivity index (χ0) is 17.5. The SMILES string of the molecule is CC(=CC(C=Cc1ccc(N(C)C)cc1)c1ccccc1)C(=O)O. The molecule has 0 saturated carbocycles. The molecular weight excluding hydrogens is 298 g/mol. The molecule has 0 aliphatic heterocycles. The lowest BCUT2D eigenvalue weighted by atomic mass is 9.95. The molecule has 124 valence electrons. The second-order valence-corrected chi connectivity index (χ2v) is 5.94. The van der Waals surface area contributed by atoms with Crippen LogP contribution in [-0.2, 0) is 4.79 Å². The summed E-state index contributed by atoms with van der Waals surface area (Å²) in [5, 5.41) is 9.15. The van der Waals surface area contributed by atoms with Crippen LogP contribution < -0.4 is 4.90 Å². The second kappa shape index (κ2) is 8.16. The van der Waals surface area contributed by atoms with Crippen molar-refractivity contribution >= 4 is 17.7 Å². The van der Waals surface area contributed by atoms with Crippen LogP contribution in [-0.4, -0.2) is 25.2 Å². The van der Waals surface area contributed by atoms with E-state index in [9.17, 15) is 4.79 Å². The maximum Gasteiger partial charge on any atom is 0.330 e. The fraction of sp³-hybridized carbons (Fsp3) is 0.190. The van der Waals surface area contributed by atoms with E-state index in [0.717, 1.165) is 16.8 Å². The largest absolute Gasteiger partial charge is 0.478 e. The van der Waals surface area contributed by atoms with Crippen LogP contribution in [0.25, 0.3) is 6.08 Å². The van der Waals surface area contributed by atoms with E-state index in [-0.39, 0.29) is 5.92 Å². The van der Waals surface area contributed by atoms with Gasteiger partial charge >= 0.3 is 5.97 Å². The van der Waals surface area contributed by atoms with E-state index >= 15 is 0 Å². The fourth-order valence-corrected chi connectivity index (χ4v) is 2.38. The summed E-state index contributed by atoms with van der Waals surface area (Å²) in [6.07, 6.45) is 5.84. The van der Waals surface area contributed by atoms with E-state index in [4.69, 9.17) is 5.11 Å². The first-order valence-corrected chi connectivity index (χ1v) is 7.89. The van der Waals surface area contributed by atoms with E-state index in [1.165, 1.54) is 0 Å². The Hall–Kier alpha value is -2.81. The summed E-state index contributed by atoms with van der Waals surface area (Å²) in [5.41, 5.74) is 3.65. The quantitative estimate of drug-likeness (QED) is 0.792. The Balaban J connectivity index is 2.27. The van der Waals surface area contributed by atoms with Gasteiger partial charge in [0, 0.05) is 31.3 Å². The number of hydrogen-bond donors (Lipinski definition) is 1. The molecule has 0 aliphatic rings. The van der Waals surface area contributed by atoms with Crippen LogP contribution in [0.2, 0.25) is 0 Å². The summed E-state index contributed by atoms with van der Waals surface area (Å²) < 4.78 is 0. The lowest BCUT2D eigenvalue weighted by Crippen LogP contribution is -2.07. The van der Waals surface area contributed by atoms with Gasteiger partial charge < -0.3 is 10.0 Å². The lowest BCUT2D eigenvalue weighted by Gasteiger charge is -2.12. The van der Waals surface area contributed by atoms with Gasteiger partial charge in [0.05, 0.1) is 0 Å². The average molecular weight is 321 g/mol. The minimum atomic E-state index is -0.889. The summed E-state index contributed by atoms with van der Waals surface area (Å²) in [4.78, 5) is 13.2. The van der Waals surface area contributed by atoms with Crippen LogP contribution in [0.1, 0.15) is 24.0 Å². The summed E-state index contributed by atoms with van der Waals surface area (Å²) in [6, 6.07) is 18.1. The maximum atomic E-state index is 11.1. The van der Waals surface area contributed by atoms with Gasteiger partial charge in [-0.3, -0.25) is 0 Å². The molecule has 24 heavy (non-hydrogen) atoms. The number of rotatable bonds is 6. The summed E-state index contributed by atoms with van der Waals surface area (Å²) >= 11 is 0. The standard InChI is InChI=1S/C21H23NO2/c1-16(21(23)24)15-19(18-7-5-4-6-8-18)12-9-17-10-13-20(14-11-17)22(2)3/h4-15,19H,1-3H3,(H,23,24). The molecule has 1 atom stereocenters. The highest BCUT2D eigenvalue weighted by Gasteiger charge is 2.08. The molecule has 0 amide bonds. The van der Waals surface area contributed by atoms with Crippen molar-refractivity contribution in [1.82, 2.24) is 0 Å². The van der Waals surface area contributed by atoms with Gasteiger partial charge in [-0.2, -0.15) is 0 Å². The fourth-order valence-electron chi connectivity index (χ4n) is 2.38. The summed E-state index contributed by atoms with van der Waals surface area (Å²) in [7, 11) is 4.02. The Morgan fingerprint density at radius 2 is 1.67 bits per heavy atom. The van der Waals surface area contributed by atoms with Crippen molar-refractivity contribution in [3.63, 3.8) is 0 Å². The highest BCUT2D eigenvalue weighted by atomic mass is 16.4. The van der Waals surface area contributed by atoms with E-state index in [1.54, 1.807) is 13.0 Å². The van der Waals surface area contributed by atoms with Gasteiger partial charge in [0.2, 0.25) is 0 Å². The molecule has 2 aromatic rings. The molecule has 0 radical (unpaired) electrons. The van der Waals surface area contributed by atoms with Crippen LogP contribution >= 0.6 is 0 Å². The van der Waals surface area contributed by atoms with Crippen LogP contribution in [0.5, 0.6) is 0 Å². The third-order valence-electron chi connectivity index (χ3n) is 3.86. The molecule has 3 heteroatoms. The summed E-state index contributed by atoms with van der Waals surface area (Å²) in [5.74, 6) is -0.963. The number of nitrogens with zero attached hydrogens (tertiary/aromatic N) is 1. The third-order valence-corrected chi connectivity index (χ3v) is 3.86. The molecule has 0 bridgehead atoms. The molecular formula is C21H23NO2. The van der Waals surface area contributed by atoms with E-state index in [2.05, 4.69) is 29.2 Å². The molecule has 0 aromatic heterocycles. The molecule has 1 unspecified atom stereocenters. The molecule has 3 nitrogen and oxygen atoms in total. The maximum absolute atomic E-state index is 11.1. The predicted octanol–water partition coefficient (Wildman–Crippen LogP) is 4.58. The van der Waals surface area contributed by atoms with Crippen LogP contribution in [0.4, 0.5) is 5.69 Å². The Kier molecular flexibility index (Phi) is 5.96. The molecule has 0 saturated heterocycles. The van der Waals surface area contributed by atoms with Crippen LogP contribution in [0.15, 0.2) is 72.3 Å². The average Bonchev–Trinajstić information content (AvgIpc) is 2.59. The van der Waals surface area contributed by atoms with Crippen molar-refractivity contribution in [3.8, 4) is 0 Å². The zero-order valence-corrected chi connectivity index (χ0v) is 14.3. The van der Waals surface area contributed by atoms with Gasteiger partial charge in [0.15, 0.2) is 0 Å². The number of benzene rings is 2. The minimum Gasteiger partial charge on any atom is -0.478 e. The normalized spacial score (nSPS) is 13.0. The number of allylic oxidation sites excluding steroid dienone is 2. The topological polar surface area (TPSA) is 40.5 Å². The first-order chi connectivity index (χ1) is 11.5. The monoisotopic (exact) mass is 321 g/mol. The van der Waals surface area contributed by atoms with Crippen molar-refractivity contribution < 1.29 is 9.90 Å². The molecule has 2 aromatic carbocycles. The third kappa shape index (κ3) is 4.85. The van der Waals surface area contributed by atoms with Crippen molar-refractivity contribution in [2.24, 2.45) is 0 Å². The molecule has 0 spiro atoms. The van der Waals surface area contributed by atoms with Gasteiger partial charge in [-0.25, -0.2) is 4.79 Å². The molecule has 2 rings (SSSR count). The molecule has 1 N–H and O–H groups in total. The Bertz CT molecular complexity index is 728. The Morgan fingerprint density at radius 1 is 1.04 bits per heavy atom. The van der Waals surface area contributed by atoms with Gasteiger partial charge in [-0.05, 0) is 30.2 Å². The van der Waals surface area contributed by atoms with Crippen molar-refractivity contribution in [2.45, 2.75) is 12.8 Å². The highest BCUT2D eigenvalue weighted by Crippen LogP contribution is 2.22. The Morgan fingerprint density at radius 3 is 2.21 bits per heavy atom. The lowest BCUT2D eigenvalue weighted by molar-refractivity contribution is -0.132. The van der Waals surface area contributed by atoms with Crippen LogP contribution in [0, 0.1) is 0 Å². The van der Waals surface area contributed by atoms with Crippen molar-refractivity contribution in [2.75, 3.05) is 19.0 Å². The molecule has 0 fully saturated rings. The predicted molar refractivity (Wildman–Crippen MR) is 100 cm³/mol. The molecule has 0 heterocycles. The van der Waals surface area contributed by atoms with Gasteiger partial charge in [-0.15, -0.1) is 0 Å². The van der Waals surface area contributed by atoms with Crippen molar-refractivity contribution in [1.29, 1.82) is 0 Å². The zero-order valence-electron chi connectivity index (χ0n) is 14.3. The minimum absolute atomic E-state index is 0.0733. The van der Waals surface area contributed by atoms with Crippen molar-refractivity contribution in [3.05, 3.63) is 83.4 Å². The number of carboxylic acids is 1. The van der Waals surface area contributed by atoms with E-state index in [1.807, 2.05) is 56.6 Å². The first-order valence-electron chi connectivity index (χ1n) is 7.89. The summed E-state index contributed by atoms with van der Waals surface area (Å²) in [6.45, 7) is 1.62. The number of anilines is 1. The van der Waals surface area contributed by atoms with E-state index in [0.29, 0.717) is 5.57 Å². The Labute approximate surface area is 143 Å². The smallest absolute Gasteiger partial charge is 0.330 e. The number of hydrogen-bond acceptors (Lipinski definition) is 2. The van der Waals surface area contributed by atoms with Gasteiger partial charge in [0.1, 0.15) is 0 Å². The van der Waals surface area contributed by atoms with Gasteiger partial charge in [0.25, 0.3) is 0 Å².